The van der Waals surface area contributed by atoms with Crippen LogP contribution in [0.2, 0.25) is 0 Å². The molecule has 12 heteroatoms. The molecule has 5 rings (SSSR count). The van der Waals surface area contributed by atoms with Gasteiger partial charge in [-0.25, -0.2) is 4.79 Å². The van der Waals surface area contributed by atoms with Crippen LogP contribution in [0.5, 0.6) is 5.75 Å². The van der Waals surface area contributed by atoms with E-state index in [-0.39, 0.29) is 41.0 Å². The molecular formula is C32H27N3O9. The largest absolute Gasteiger partial charge is 0.426 e. The number of esters is 1. The summed E-state index contributed by atoms with van der Waals surface area (Å²) < 4.78 is 10.7. The van der Waals surface area contributed by atoms with E-state index in [9.17, 15) is 34.1 Å². The molecule has 44 heavy (non-hydrogen) atoms. The summed E-state index contributed by atoms with van der Waals surface area (Å²) in [4.78, 5) is 74.2. The predicted octanol–water partition coefficient (Wildman–Crippen LogP) is 4.44. The molecule has 3 amide bonds. The van der Waals surface area contributed by atoms with Gasteiger partial charge in [0.15, 0.2) is 0 Å². The van der Waals surface area contributed by atoms with Crippen molar-refractivity contribution in [3.05, 3.63) is 116 Å². The maximum atomic E-state index is 12.6. The summed E-state index contributed by atoms with van der Waals surface area (Å²) in [6.07, 6.45) is 1.97. The van der Waals surface area contributed by atoms with Crippen molar-refractivity contribution in [1.29, 1.82) is 0 Å². The lowest BCUT2D eigenvalue weighted by molar-refractivity contribution is -0.385. The number of nitro benzene ring substituents is 1. The number of benzene rings is 3. The Morgan fingerprint density at radius 2 is 1.70 bits per heavy atom. The van der Waals surface area contributed by atoms with Gasteiger partial charge in [-0.2, -0.15) is 0 Å². The van der Waals surface area contributed by atoms with Crippen molar-refractivity contribution in [3.63, 3.8) is 0 Å². The second kappa shape index (κ2) is 13.1. The summed E-state index contributed by atoms with van der Waals surface area (Å²) in [5.74, 6) is -2.19. The van der Waals surface area contributed by atoms with E-state index in [0.29, 0.717) is 37.6 Å². The van der Waals surface area contributed by atoms with Gasteiger partial charge in [0.05, 0.1) is 10.5 Å². The van der Waals surface area contributed by atoms with Crippen LogP contribution in [-0.4, -0.2) is 46.6 Å². The number of ether oxygens (including phenoxy) is 1. The van der Waals surface area contributed by atoms with Crippen molar-refractivity contribution in [1.82, 2.24) is 10.2 Å². The summed E-state index contributed by atoms with van der Waals surface area (Å²) in [6.45, 7) is 0.415. The second-order valence-electron chi connectivity index (χ2n) is 10.1. The van der Waals surface area contributed by atoms with Gasteiger partial charge in [0, 0.05) is 37.0 Å². The van der Waals surface area contributed by atoms with Crippen LogP contribution in [0.4, 0.5) is 5.69 Å². The van der Waals surface area contributed by atoms with Crippen molar-refractivity contribution >= 4 is 40.3 Å². The lowest BCUT2D eigenvalue weighted by Gasteiger charge is -2.13. The zero-order valence-electron chi connectivity index (χ0n) is 23.4. The summed E-state index contributed by atoms with van der Waals surface area (Å²) in [7, 11) is 0. The molecule has 3 aromatic carbocycles. The molecule has 2 heterocycles. The van der Waals surface area contributed by atoms with Gasteiger partial charge in [-0.15, -0.1) is 0 Å². The number of rotatable bonds is 12. The number of fused-ring (bicyclic) bond motifs is 2. The minimum atomic E-state index is -0.814. The third-order valence-corrected chi connectivity index (χ3v) is 7.16. The van der Waals surface area contributed by atoms with Gasteiger partial charge in [-0.05, 0) is 49.1 Å². The molecule has 1 aliphatic heterocycles. The molecule has 0 unspecified atom stereocenters. The first kappa shape index (κ1) is 29.8. The van der Waals surface area contributed by atoms with Gasteiger partial charge in [0.2, 0.25) is 0 Å². The van der Waals surface area contributed by atoms with Crippen LogP contribution in [0, 0.1) is 10.1 Å². The predicted molar refractivity (Wildman–Crippen MR) is 158 cm³/mol. The zero-order chi connectivity index (χ0) is 31.2. The van der Waals surface area contributed by atoms with E-state index in [0.717, 1.165) is 10.5 Å². The highest BCUT2D eigenvalue weighted by Crippen LogP contribution is 2.31. The molecule has 12 nitrogen and oxygen atoms in total. The molecule has 0 atom stereocenters. The van der Waals surface area contributed by atoms with Crippen LogP contribution in [0.15, 0.2) is 82.0 Å². The number of nitrogens with one attached hydrogen (secondary N) is 1. The first-order valence-corrected chi connectivity index (χ1v) is 14.0. The molecule has 1 aromatic heterocycles. The Morgan fingerprint density at radius 1 is 0.909 bits per heavy atom. The summed E-state index contributed by atoms with van der Waals surface area (Å²) >= 11 is 0. The number of unbranched alkanes of at least 4 members (excludes halogenated alkanes) is 2. The van der Waals surface area contributed by atoms with Crippen molar-refractivity contribution in [2.45, 2.75) is 32.1 Å². The minimum Gasteiger partial charge on any atom is -0.426 e. The summed E-state index contributed by atoms with van der Waals surface area (Å²) in [6, 6.07) is 19.5. The van der Waals surface area contributed by atoms with Crippen LogP contribution in [-0.2, 0) is 11.2 Å². The number of imide groups is 1. The fourth-order valence-electron chi connectivity index (χ4n) is 4.94. The molecule has 0 aliphatic carbocycles. The van der Waals surface area contributed by atoms with E-state index in [1.807, 2.05) is 30.3 Å². The average molecular weight is 598 g/mol. The monoisotopic (exact) mass is 597 g/mol. The number of carbonyl (C=O) groups is 4. The Labute approximate surface area is 250 Å². The smallest absolute Gasteiger partial charge is 0.349 e. The van der Waals surface area contributed by atoms with E-state index in [1.54, 1.807) is 6.07 Å². The van der Waals surface area contributed by atoms with E-state index in [1.165, 1.54) is 36.4 Å². The van der Waals surface area contributed by atoms with Crippen LogP contribution < -0.4 is 15.7 Å². The van der Waals surface area contributed by atoms with E-state index < -0.39 is 39.9 Å². The highest BCUT2D eigenvalue weighted by Gasteiger charge is 2.40. The molecule has 4 aromatic rings. The van der Waals surface area contributed by atoms with Crippen molar-refractivity contribution in [2.24, 2.45) is 0 Å². The van der Waals surface area contributed by atoms with Gasteiger partial charge in [-0.3, -0.25) is 34.2 Å². The summed E-state index contributed by atoms with van der Waals surface area (Å²) in [5, 5.41) is 14.5. The van der Waals surface area contributed by atoms with E-state index in [4.69, 9.17) is 9.15 Å². The minimum absolute atomic E-state index is 0.0114. The van der Waals surface area contributed by atoms with Crippen LogP contribution >= 0.6 is 0 Å². The Bertz CT molecular complexity index is 1830. The highest BCUT2D eigenvalue weighted by atomic mass is 16.6. The average Bonchev–Trinajstić information content (AvgIpc) is 3.25. The van der Waals surface area contributed by atoms with E-state index in [2.05, 4.69) is 5.32 Å². The third-order valence-electron chi connectivity index (χ3n) is 7.16. The Hall–Kier alpha value is -5.65. The molecule has 0 saturated heterocycles. The van der Waals surface area contributed by atoms with Crippen molar-refractivity contribution in [2.75, 3.05) is 13.1 Å². The molecule has 0 radical (unpaired) electrons. The van der Waals surface area contributed by atoms with Gasteiger partial charge >= 0.3 is 11.6 Å². The van der Waals surface area contributed by atoms with Crippen molar-refractivity contribution < 1.29 is 33.3 Å². The maximum Gasteiger partial charge on any atom is 0.349 e. The first-order chi connectivity index (χ1) is 21.2. The zero-order valence-corrected chi connectivity index (χ0v) is 23.4. The SMILES string of the molecule is O=C(CCCCCN1C(=O)c2cccc([N+](=O)[O-])c2C1=O)Oc1ccc2cc(C(=O)NCCc3ccccc3)c(=O)oc2c1. The van der Waals surface area contributed by atoms with Crippen LogP contribution in [0.1, 0.15) is 62.3 Å². The third kappa shape index (κ3) is 6.54. The fourth-order valence-corrected chi connectivity index (χ4v) is 4.94. The van der Waals surface area contributed by atoms with Crippen molar-refractivity contribution in [3.8, 4) is 5.75 Å². The molecule has 0 fully saturated rings. The molecule has 0 spiro atoms. The Kier molecular flexibility index (Phi) is 8.89. The Balaban J connectivity index is 1.09. The first-order valence-electron chi connectivity index (χ1n) is 14.0. The number of amides is 3. The lowest BCUT2D eigenvalue weighted by Crippen LogP contribution is -2.30. The molecule has 0 bridgehead atoms. The molecule has 0 saturated carbocycles. The lowest BCUT2D eigenvalue weighted by atomic mass is 10.1. The van der Waals surface area contributed by atoms with E-state index >= 15 is 0 Å². The number of hydrogen-bond acceptors (Lipinski definition) is 9. The van der Waals surface area contributed by atoms with Gasteiger partial charge in [0.25, 0.3) is 23.4 Å². The molecule has 1 N–H and O–H groups in total. The van der Waals surface area contributed by atoms with Gasteiger partial charge in [-0.1, -0.05) is 42.8 Å². The second-order valence-corrected chi connectivity index (χ2v) is 10.1. The van der Waals surface area contributed by atoms with Crippen LogP contribution in [0.3, 0.4) is 0 Å². The molecule has 224 valence electrons. The standard InChI is InChI=1S/C32H27N3O9/c36-27(12-5-2-6-17-34-30(38)23-10-7-11-25(35(41)42)28(23)31(34)39)43-22-14-13-21-18-24(32(40)44-26(21)19-22)29(37)33-16-15-20-8-3-1-4-9-20/h1,3-4,7-11,13-14,18-19H,2,5-6,12,15-17H2,(H,33,37). The number of nitro groups is 1. The van der Waals surface area contributed by atoms with Gasteiger partial charge in [0.1, 0.15) is 22.5 Å². The summed E-state index contributed by atoms with van der Waals surface area (Å²) in [5.41, 5.74) is -0.327. The van der Waals surface area contributed by atoms with Gasteiger partial charge < -0.3 is 14.5 Å². The number of carbonyl (C=O) groups excluding carboxylic acids is 4. The maximum absolute atomic E-state index is 12.6. The Morgan fingerprint density at radius 3 is 2.48 bits per heavy atom. The molecular weight excluding hydrogens is 570 g/mol. The number of hydrogen-bond donors (Lipinski definition) is 1. The topological polar surface area (TPSA) is 166 Å². The fraction of sp³-hybridized carbons (Fsp3) is 0.219. The molecule has 1 aliphatic rings. The quantitative estimate of drug-likeness (QED) is 0.0472. The highest BCUT2D eigenvalue weighted by molar-refractivity contribution is 6.23. The van der Waals surface area contributed by atoms with Crippen LogP contribution in [0.25, 0.3) is 11.0 Å². The number of nitrogens with zero attached hydrogens (tertiary/aromatic N) is 2. The normalized spacial score (nSPS) is 12.3.